The van der Waals surface area contributed by atoms with Crippen LogP contribution in [0.25, 0.3) is 0 Å². The maximum absolute atomic E-state index is 12.6. The fourth-order valence-electron chi connectivity index (χ4n) is 4.53. The summed E-state index contributed by atoms with van der Waals surface area (Å²) in [6.07, 6.45) is 1.69. The third-order valence-electron chi connectivity index (χ3n) is 5.88. The van der Waals surface area contributed by atoms with Crippen molar-refractivity contribution in [3.63, 3.8) is 0 Å². The Hall–Kier alpha value is -0.780. The van der Waals surface area contributed by atoms with Crippen LogP contribution in [0.15, 0.2) is 4.99 Å². The van der Waals surface area contributed by atoms with Gasteiger partial charge in [0.15, 0.2) is 5.96 Å². The van der Waals surface area contributed by atoms with Crippen LogP contribution in [0.2, 0.25) is 0 Å². The van der Waals surface area contributed by atoms with Crippen molar-refractivity contribution in [2.45, 2.75) is 63.7 Å². The Morgan fingerprint density at radius 3 is 2.28 bits per heavy atom. The molecule has 2 heterocycles. The number of nitrogens with zero attached hydrogens (tertiary/aromatic N) is 3. The number of carbonyl (C=O) groups excluding carboxylic acids is 1. The van der Waals surface area contributed by atoms with Crippen LogP contribution in [0.4, 0.5) is 13.2 Å². The molecule has 168 valence electrons. The maximum atomic E-state index is 12.6. The molecule has 6 nitrogen and oxygen atoms in total. The first-order chi connectivity index (χ1) is 13.3. The molecular weight excluding hydrogens is 498 g/mol. The molecule has 10 heteroatoms. The van der Waals surface area contributed by atoms with E-state index in [1.54, 1.807) is 0 Å². The van der Waals surface area contributed by atoms with Gasteiger partial charge in [-0.25, -0.2) is 0 Å². The summed E-state index contributed by atoms with van der Waals surface area (Å²) in [7, 11) is 0. The van der Waals surface area contributed by atoms with Gasteiger partial charge in [-0.3, -0.25) is 14.7 Å². The van der Waals surface area contributed by atoms with E-state index in [1.165, 1.54) is 4.90 Å². The summed E-state index contributed by atoms with van der Waals surface area (Å²) in [5.74, 6) is 1.11. The van der Waals surface area contributed by atoms with E-state index in [4.69, 9.17) is 0 Å². The van der Waals surface area contributed by atoms with Crippen LogP contribution in [-0.4, -0.2) is 79.2 Å². The molecule has 0 aromatic heterocycles. The lowest BCUT2D eigenvalue weighted by Gasteiger charge is -2.23. The van der Waals surface area contributed by atoms with Gasteiger partial charge >= 0.3 is 6.18 Å². The average molecular weight is 531 g/mol. The predicted octanol–water partition coefficient (Wildman–Crippen LogP) is 2.59. The smallest absolute Gasteiger partial charge is 0.352 e. The Morgan fingerprint density at radius 1 is 1.03 bits per heavy atom. The Balaban J connectivity index is 0.00000300. The maximum Gasteiger partial charge on any atom is 0.401 e. The quantitative estimate of drug-likeness (QED) is 0.326. The number of alkyl halides is 3. The molecule has 3 rings (SSSR count). The van der Waals surface area contributed by atoms with E-state index in [0.29, 0.717) is 38.6 Å². The lowest BCUT2D eigenvalue weighted by atomic mass is 10.1. The second-order valence-corrected chi connectivity index (χ2v) is 8.20. The van der Waals surface area contributed by atoms with Crippen LogP contribution in [0.5, 0.6) is 0 Å². The van der Waals surface area contributed by atoms with E-state index in [-0.39, 0.29) is 47.9 Å². The van der Waals surface area contributed by atoms with E-state index in [0.717, 1.165) is 38.6 Å². The van der Waals surface area contributed by atoms with E-state index < -0.39 is 12.7 Å². The van der Waals surface area contributed by atoms with Crippen molar-refractivity contribution in [3.8, 4) is 0 Å². The second-order valence-electron chi connectivity index (χ2n) is 8.20. The normalized spacial score (nSPS) is 26.6. The summed E-state index contributed by atoms with van der Waals surface area (Å²) < 4.78 is 37.7. The molecule has 3 fully saturated rings. The number of nitrogens with one attached hydrogen (secondary N) is 2. The third kappa shape index (κ3) is 7.45. The average Bonchev–Trinajstić information content (AvgIpc) is 3.35. The Morgan fingerprint density at radius 2 is 1.66 bits per heavy atom. The number of aliphatic imine (C=N–C) groups is 1. The Bertz CT molecular complexity index is 569. The van der Waals surface area contributed by atoms with E-state index >= 15 is 0 Å². The first-order valence-corrected chi connectivity index (χ1v) is 10.5. The second kappa shape index (κ2) is 11.0. The number of halogens is 4. The largest absolute Gasteiger partial charge is 0.401 e. The number of hydrogen-bond donors (Lipinski definition) is 2. The molecule has 0 aromatic rings. The zero-order chi connectivity index (χ0) is 20.1. The molecule has 0 radical (unpaired) electrons. The molecule has 2 atom stereocenters. The van der Waals surface area contributed by atoms with Crippen LogP contribution >= 0.6 is 24.0 Å². The lowest BCUT2D eigenvalue weighted by Crippen LogP contribution is -2.49. The van der Waals surface area contributed by atoms with Crippen molar-refractivity contribution in [3.05, 3.63) is 0 Å². The van der Waals surface area contributed by atoms with Gasteiger partial charge in [-0.2, -0.15) is 13.2 Å². The molecule has 29 heavy (non-hydrogen) atoms. The molecule has 2 N–H and O–H groups in total. The monoisotopic (exact) mass is 531 g/mol. The van der Waals surface area contributed by atoms with Gasteiger partial charge in [0.1, 0.15) is 0 Å². The SMILES string of the molecule is CCN=C(NC1CCN(CC(F)(F)F)C1)NC1CCN(C(=O)C2CCCC2)C1.I. The summed E-state index contributed by atoms with van der Waals surface area (Å²) in [5.41, 5.74) is 0. The minimum absolute atomic E-state index is 0. The van der Waals surface area contributed by atoms with Crippen LogP contribution in [0.1, 0.15) is 45.4 Å². The Labute approximate surface area is 188 Å². The highest BCUT2D eigenvalue weighted by Crippen LogP contribution is 2.28. The number of likely N-dealkylation sites (tertiary alicyclic amines) is 2. The zero-order valence-electron chi connectivity index (χ0n) is 17.0. The van der Waals surface area contributed by atoms with Crippen LogP contribution in [-0.2, 0) is 4.79 Å². The van der Waals surface area contributed by atoms with E-state index in [2.05, 4.69) is 15.6 Å². The topological polar surface area (TPSA) is 60.0 Å². The summed E-state index contributed by atoms with van der Waals surface area (Å²) in [6, 6.07) is 0.0913. The summed E-state index contributed by atoms with van der Waals surface area (Å²) >= 11 is 0. The van der Waals surface area contributed by atoms with Gasteiger partial charge in [-0.1, -0.05) is 12.8 Å². The van der Waals surface area contributed by atoms with Gasteiger partial charge in [0.2, 0.25) is 5.91 Å². The summed E-state index contributed by atoms with van der Waals surface area (Å²) in [4.78, 5) is 20.4. The summed E-state index contributed by atoms with van der Waals surface area (Å²) in [6.45, 7) is 3.88. The standard InChI is InChI=1S/C19H32F3N5O.HI/c1-2-23-18(24-15-7-9-26(11-15)13-19(20,21)22)25-16-8-10-27(12-16)17(28)14-5-3-4-6-14;/h14-16H,2-13H2,1H3,(H2,23,24,25);1H. The van der Waals surface area contributed by atoms with Crippen molar-refractivity contribution in [2.24, 2.45) is 10.9 Å². The number of hydrogen-bond acceptors (Lipinski definition) is 3. The van der Waals surface area contributed by atoms with Gasteiger partial charge in [0.05, 0.1) is 6.54 Å². The fraction of sp³-hybridized carbons (Fsp3) is 0.895. The van der Waals surface area contributed by atoms with Crippen molar-refractivity contribution in [1.29, 1.82) is 0 Å². The van der Waals surface area contributed by atoms with Gasteiger partial charge in [-0.05, 0) is 32.6 Å². The van der Waals surface area contributed by atoms with Crippen LogP contribution in [0.3, 0.4) is 0 Å². The van der Waals surface area contributed by atoms with E-state index in [1.807, 2.05) is 11.8 Å². The molecule has 0 spiro atoms. The molecule has 1 amide bonds. The highest BCUT2D eigenvalue weighted by molar-refractivity contribution is 14.0. The minimum Gasteiger partial charge on any atom is -0.352 e. The van der Waals surface area contributed by atoms with Gasteiger partial charge in [-0.15, -0.1) is 24.0 Å². The first kappa shape index (κ1) is 24.5. The van der Waals surface area contributed by atoms with Crippen molar-refractivity contribution >= 4 is 35.8 Å². The molecule has 0 aromatic carbocycles. The number of carbonyl (C=O) groups is 1. The number of amides is 1. The molecule has 0 bridgehead atoms. The van der Waals surface area contributed by atoms with Gasteiger partial charge < -0.3 is 15.5 Å². The van der Waals surface area contributed by atoms with Crippen LogP contribution in [0, 0.1) is 5.92 Å². The van der Waals surface area contributed by atoms with E-state index in [9.17, 15) is 18.0 Å². The van der Waals surface area contributed by atoms with Crippen molar-refractivity contribution in [2.75, 3.05) is 39.3 Å². The first-order valence-electron chi connectivity index (χ1n) is 10.5. The molecule has 3 aliphatic rings. The highest BCUT2D eigenvalue weighted by atomic mass is 127. The number of guanidine groups is 1. The van der Waals surface area contributed by atoms with Crippen molar-refractivity contribution in [1.82, 2.24) is 20.4 Å². The molecule has 1 aliphatic carbocycles. The Kier molecular flexibility index (Phi) is 9.30. The molecular formula is C19H33F3IN5O. The molecule has 2 saturated heterocycles. The van der Waals surface area contributed by atoms with Gasteiger partial charge in [0, 0.05) is 50.7 Å². The molecule has 2 aliphatic heterocycles. The third-order valence-corrected chi connectivity index (χ3v) is 5.88. The van der Waals surface area contributed by atoms with Crippen molar-refractivity contribution < 1.29 is 18.0 Å². The highest BCUT2D eigenvalue weighted by Gasteiger charge is 2.35. The minimum atomic E-state index is -4.16. The summed E-state index contributed by atoms with van der Waals surface area (Å²) in [5, 5.41) is 6.67. The molecule has 1 saturated carbocycles. The van der Waals surface area contributed by atoms with Crippen LogP contribution < -0.4 is 10.6 Å². The fourth-order valence-corrected chi connectivity index (χ4v) is 4.53. The van der Waals surface area contributed by atoms with Gasteiger partial charge in [0.25, 0.3) is 0 Å². The lowest BCUT2D eigenvalue weighted by molar-refractivity contribution is -0.143. The predicted molar refractivity (Wildman–Crippen MR) is 118 cm³/mol. The molecule has 2 unspecified atom stereocenters. The zero-order valence-corrected chi connectivity index (χ0v) is 19.3. The number of rotatable bonds is 5.